The second kappa shape index (κ2) is 10.3. The van der Waals surface area contributed by atoms with E-state index < -0.39 is 14.5 Å². The molecule has 5 rings (SSSR count). The van der Waals surface area contributed by atoms with Gasteiger partial charge in [-0.3, -0.25) is 4.57 Å². The summed E-state index contributed by atoms with van der Waals surface area (Å²) in [6, 6.07) is 49.7. The van der Waals surface area contributed by atoms with Crippen molar-refractivity contribution in [3.8, 4) is 0 Å². The molecule has 172 valence electrons. The molecule has 5 aromatic rings. The Kier molecular flexibility index (Phi) is 6.82. The predicted octanol–water partition coefficient (Wildman–Crippen LogP) is 6.79. The van der Waals surface area contributed by atoms with Gasteiger partial charge in [-0.05, 0) is 36.4 Å². The minimum absolute atomic E-state index is 0.720. The Bertz CT molecular complexity index is 1390. The molecule has 0 aliphatic carbocycles. The summed E-state index contributed by atoms with van der Waals surface area (Å²) >= 11 is 0. The number of nitrogens with zero attached hydrogens (tertiary/aromatic N) is 1. The lowest BCUT2D eigenvalue weighted by atomic mass is 10.3. The molecular formula is C30H26N2OP2. The zero-order valence-electron chi connectivity index (χ0n) is 19.2. The zero-order valence-corrected chi connectivity index (χ0v) is 21.0. The van der Waals surface area contributed by atoms with Gasteiger partial charge in [-0.1, -0.05) is 115 Å². The highest BCUT2D eigenvalue weighted by Crippen LogP contribution is 2.59. The van der Waals surface area contributed by atoms with Crippen LogP contribution in [0.5, 0.6) is 0 Å². The number of hydrogen-bond acceptors (Lipinski definition) is 1. The first kappa shape index (κ1) is 23.1. The SMILES string of the molecule is O=P(N=P(Nc1ccccc1)(c1ccccc1)c1ccccc1)(c1ccccc1)c1ccccc1. The van der Waals surface area contributed by atoms with E-state index in [0.717, 1.165) is 26.9 Å². The highest BCUT2D eigenvalue weighted by Gasteiger charge is 2.34. The molecule has 0 unspecified atom stereocenters. The van der Waals surface area contributed by atoms with Crippen molar-refractivity contribution >= 4 is 41.4 Å². The van der Waals surface area contributed by atoms with Crippen LogP contribution in [0.3, 0.4) is 0 Å². The topological polar surface area (TPSA) is 41.5 Å². The van der Waals surface area contributed by atoms with Crippen molar-refractivity contribution in [2.75, 3.05) is 5.09 Å². The Morgan fingerprint density at radius 3 is 1.11 bits per heavy atom. The summed E-state index contributed by atoms with van der Waals surface area (Å²) in [7, 11) is -6.16. The molecule has 0 bridgehead atoms. The van der Waals surface area contributed by atoms with Crippen molar-refractivity contribution in [2.45, 2.75) is 0 Å². The van der Waals surface area contributed by atoms with Gasteiger partial charge in [0.25, 0.3) is 0 Å². The molecule has 0 aliphatic heterocycles. The molecule has 5 heteroatoms. The zero-order chi connectivity index (χ0) is 24.0. The van der Waals surface area contributed by atoms with Crippen molar-refractivity contribution in [3.05, 3.63) is 152 Å². The fourth-order valence-corrected chi connectivity index (χ4v) is 11.2. The molecule has 0 saturated heterocycles. The summed E-state index contributed by atoms with van der Waals surface area (Å²) < 4.78 is 20.7. The number of rotatable bonds is 7. The fourth-order valence-electron chi connectivity index (χ4n) is 4.09. The van der Waals surface area contributed by atoms with E-state index in [1.54, 1.807) is 0 Å². The highest BCUT2D eigenvalue weighted by molar-refractivity contribution is 7.90. The maximum Gasteiger partial charge on any atom is 0.248 e. The maximum atomic E-state index is 15.2. The van der Waals surface area contributed by atoms with Crippen LogP contribution in [0.4, 0.5) is 5.69 Å². The molecule has 0 fully saturated rings. The summed E-state index contributed by atoms with van der Waals surface area (Å²) in [5.74, 6) is 0. The van der Waals surface area contributed by atoms with Crippen LogP contribution in [0, 0.1) is 0 Å². The second-order valence-electron chi connectivity index (χ2n) is 8.12. The molecule has 0 saturated carbocycles. The minimum atomic E-state index is -3.40. The van der Waals surface area contributed by atoms with Gasteiger partial charge >= 0.3 is 0 Å². The van der Waals surface area contributed by atoms with Crippen molar-refractivity contribution in [3.63, 3.8) is 0 Å². The van der Waals surface area contributed by atoms with Crippen LogP contribution < -0.4 is 26.3 Å². The summed E-state index contributed by atoms with van der Waals surface area (Å²) in [5.41, 5.74) is 0.935. The third-order valence-corrected chi connectivity index (χ3v) is 12.5. The Hall–Kier alpha value is -3.64. The molecular weight excluding hydrogens is 466 g/mol. The van der Waals surface area contributed by atoms with Crippen molar-refractivity contribution in [2.24, 2.45) is 4.52 Å². The van der Waals surface area contributed by atoms with Crippen LogP contribution in [0.1, 0.15) is 0 Å². The normalized spacial score (nSPS) is 11.5. The summed E-state index contributed by atoms with van der Waals surface area (Å²) in [6.07, 6.45) is 0. The molecule has 0 aromatic heterocycles. The van der Waals surface area contributed by atoms with E-state index in [-0.39, 0.29) is 0 Å². The van der Waals surface area contributed by atoms with Crippen LogP contribution in [-0.4, -0.2) is 0 Å². The molecule has 5 aromatic carbocycles. The Labute approximate surface area is 207 Å². The molecule has 0 amide bonds. The monoisotopic (exact) mass is 492 g/mol. The van der Waals surface area contributed by atoms with E-state index in [9.17, 15) is 0 Å². The number of benzene rings is 5. The average Bonchev–Trinajstić information content (AvgIpc) is 2.95. The molecule has 0 atom stereocenters. The van der Waals surface area contributed by atoms with E-state index in [2.05, 4.69) is 29.4 Å². The molecule has 3 nitrogen and oxygen atoms in total. The molecule has 0 aliphatic rings. The Morgan fingerprint density at radius 2 is 0.743 bits per heavy atom. The van der Waals surface area contributed by atoms with Gasteiger partial charge in [0.2, 0.25) is 7.29 Å². The minimum Gasteiger partial charge on any atom is -0.345 e. The van der Waals surface area contributed by atoms with Crippen molar-refractivity contribution in [1.29, 1.82) is 0 Å². The van der Waals surface area contributed by atoms with Gasteiger partial charge in [-0.2, -0.15) is 0 Å². The third kappa shape index (κ3) is 4.80. The van der Waals surface area contributed by atoms with Gasteiger partial charge in [0.05, 0.1) is 0 Å². The predicted molar refractivity (Wildman–Crippen MR) is 151 cm³/mol. The molecule has 35 heavy (non-hydrogen) atoms. The number of anilines is 1. The summed E-state index contributed by atoms with van der Waals surface area (Å²) in [6.45, 7) is 0. The van der Waals surface area contributed by atoms with E-state index in [0.29, 0.717) is 0 Å². The quantitative estimate of drug-likeness (QED) is 0.254. The van der Waals surface area contributed by atoms with Gasteiger partial charge in [0.1, 0.15) is 7.21 Å². The van der Waals surface area contributed by atoms with E-state index in [1.165, 1.54) is 0 Å². The van der Waals surface area contributed by atoms with Crippen molar-refractivity contribution < 1.29 is 4.57 Å². The van der Waals surface area contributed by atoms with Crippen LogP contribution >= 0.6 is 14.5 Å². The van der Waals surface area contributed by atoms with Crippen LogP contribution in [0.25, 0.3) is 0 Å². The van der Waals surface area contributed by atoms with Gasteiger partial charge in [-0.25, -0.2) is 4.52 Å². The molecule has 0 heterocycles. The number of hydrogen-bond donors (Lipinski definition) is 1. The second-order valence-corrected chi connectivity index (χ2v) is 13.5. The average molecular weight is 492 g/mol. The first-order valence-electron chi connectivity index (χ1n) is 11.5. The first-order chi connectivity index (χ1) is 17.2. The maximum absolute atomic E-state index is 15.2. The van der Waals surface area contributed by atoms with Crippen LogP contribution in [0.2, 0.25) is 0 Å². The summed E-state index contributed by atoms with van der Waals surface area (Å²) in [4.78, 5) is 0. The van der Waals surface area contributed by atoms with E-state index >= 15 is 4.57 Å². The molecule has 1 N–H and O–H groups in total. The number of nitrogens with one attached hydrogen (secondary N) is 1. The van der Waals surface area contributed by atoms with E-state index in [4.69, 9.17) is 4.52 Å². The number of para-hydroxylation sites is 1. The molecule has 0 radical (unpaired) electrons. The third-order valence-electron chi connectivity index (χ3n) is 5.80. The van der Waals surface area contributed by atoms with Gasteiger partial charge < -0.3 is 5.09 Å². The Morgan fingerprint density at radius 1 is 0.429 bits per heavy atom. The standard InChI is InChI=1S/C30H26N2OP2/c33-35(29-22-12-4-13-23-29,30-24-14-5-15-25-30)32-34(27-18-8-2-9-19-27,28-20-10-3-11-21-28)31-26-16-6-1-7-17-26/h1-25,31H. The smallest absolute Gasteiger partial charge is 0.248 e. The fraction of sp³-hybridized carbons (Fsp3) is 0. The van der Waals surface area contributed by atoms with E-state index in [1.807, 2.05) is 127 Å². The van der Waals surface area contributed by atoms with Gasteiger partial charge in [-0.15, -0.1) is 0 Å². The highest BCUT2D eigenvalue weighted by atomic mass is 31.2. The van der Waals surface area contributed by atoms with Gasteiger partial charge in [0, 0.05) is 26.9 Å². The van der Waals surface area contributed by atoms with Crippen molar-refractivity contribution in [1.82, 2.24) is 0 Å². The lowest BCUT2D eigenvalue weighted by molar-refractivity contribution is 0.588. The molecule has 0 spiro atoms. The van der Waals surface area contributed by atoms with Crippen LogP contribution in [0.15, 0.2) is 156 Å². The van der Waals surface area contributed by atoms with Crippen LogP contribution in [-0.2, 0) is 4.57 Å². The first-order valence-corrected chi connectivity index (χ1v) is 14.9. The lowest BCUT2D eigenvalue weighted by Gasteiger charge is -2.30. The summed E-state index contributed by atoms with van der Waals surface area (Å²) in [5, 5.41) is 7.26. The Balaban J connectivity index is 1.90. The largest absolute Gasteiger partial charge is 0.345 e. The lowest BCUT2D eigenvalue weighted by Crippen LogP contribution is -2.24. The van der Waals surface area contributed by atoms with Gasteiger partial charge in [0.15, 0.2) is 0 Å².